The van der Waals surface area contributed by atoms with Crippen molar-refractivity contribution in [1.29, 1.82) is 0 Å². The molecule has 1 aliphatic carbocycles. The summed E-state index contributed by atoms with van der Waals surface area (Å²) in [6.07, 6.45) is 20.3. The van der Waals surface area contributed by atoms with Gasteiger partial charge in [0.2, 0.25) is 0 Å². The minimum atomic E-state index is 0.0847. The van der Waals surface area contributed by atoms with Gasteiger partial charge in [-0.3, -0.25) is 4.79 Å². The van der Waals surface area contributed by atoms with Crippen LogP contribution in [0.2, 0.25) is 0 Å². The Morgan fingerprint density at radius 3 is 1.91 bits per heavy atom. The summed E-state index contributed by atoms with van der Waals surface area (Å²) >= 11 is 0. The SMILES string of the molecule is CCCCCCCCCCCCC(CC)OC(=O)C1CCCC1. The highest BCUT2D eigenvalue weighted by molar-refractivity contribution is 5.72. The van der Waals surface area contributed by atoms with Gasteiger partial charge in [-0.2, -0.15) is 0 Å². The van der Waals surface area contributed by atoms with Gasteiger partial charge in [-0.25, -0.2) is 0 Å². The molecule has 0 heterocycles. The van der Waals surface area contributed by atoms with E-state index in [1.165, 1.54) is 77.0 Å². The average Bonchev–Trinajstić information content (AvgIpc) is 3.10. The molecule has 1 aliphatic rings. The molecule has 0 N–H and O–H groups in total. The lowest BCUT2D eigenvalue weighted by Gasteiger charge is -2.18. The zero-order chi connectivity index (χ0) is 16.8. The van der Waals surface area contributed by atoms with E-state index in [0.29, 0.717) is 0 Å². The predicted molar refractivity (Wildman–Crippen MR) is 98.6 cm³/mol. The van der Waals surface area contributed by atoms with Crippen molar-refractivity contribution in [2.75, 3.05) is 0 Å². The average molecular weight is 325 g/mol. The quantitative estimate of drug-likeness (QED) is 0.259. The van der Waals surface area contributed by atoms with Crippen LogP contribution in [0.1, 0.15) is 117 Å². The van der Waals surface area contributed by atoms with Gasteiger partial charge in [0.05, 0.1) is 5.92 Å². The van der Waals surface area contributed by atoms with Crippen LogP contribution < -0.4 is 0 Å². The molecule has 1 unspecified atom stereocenters. The van der Waals surface area contributed by atoms with E-state index in [2.05, 4.69) is 13.8 Å². The number of unbranched alkanes of at least 4 members (excludes halogenated alkanes) is 9. The second-order valence-corrected chi connectivity index (χ2v) is 7.42. The third-order valence-corrected chi connectivity index (χ3v) is 5.31. The zero-order valence-electron chi connectivity index (χ0n) is 15.8. The molecule has 1 rings (SSSR count). The molecule has 0 saturated heterocycles. The maximum atomic E-state index is 12.1. The molecule has 0 spiro atoms. The van der Waals surface area contributed by atoms with Crippen LogP contribution in [0.4, 0.5) is 0 Å². The third kappa shape index (κ3) is 10.0. The highest BCUT2D eigenvalue weighted by Gasteiger charge is 2.25. The second kappa shape index (κ2) is 13.9. The molecular formula is C21H40O2. The first kappa shape index (κ1) is 20.5. The van der Waals surface area contributed by atoms with Gasteiger partial charge in [-0.15, -0.1) is 0 Å². The van der Waals surface area contributed by atoms with E-state index in [-0.39, 0.29) is 18.0 Å². The Bertz CT molecular complexity index is 282. The van der Waals surface area contributed by atoms with Gasteiger partial charge < -0.3 is 4.74 Å². The van der Waals surface area contributed by atoms with Crippen LogP contribution in [0.25, 0.3) is 0 Å². The Balaban J connectivity index is 1.94. The van der Waals surface area contributed by atoms with Gasteiger partial charge in [0, 0.05) is 0 Å². The Morgan fingerprint density at radius 2 is 1.39 bits per heavy atom. The summed E-state index contributed by atoms with van der Waals surface area (Å²) in [6, 6.07) is 0. The van der Waals surface area contributed by atoms with E-state index in [0.717, 1.165) is 25.7 Å². The van der Waals surface area contributed by atoms with Crippen molar-refractivity contribution in [2.45, 2.75) is 123 Å². The van der Waals surface area contributed by atoms with Crippen molar-refractivity contribution in [2.24, 2.45) is 5.92 Å². The molecule has 0 radical (unpaired) electrons. The molecule has 1 saturated carbocycles. The lowest BCUT2D eigenvalue weighted by Crippen LogP contribution is -2.22. The van der Waals surface area contributed by atoms with Gasteiger partial charge in [0.15, 0.2) is 0 Å². The maximum Gasteiger partial charge on any atom is 0.309 e. The smallest absolute Gasteiger partial charge is 0.309 e. The molecule has 0 aromatic rings. The summed E-state index contributed by atoms with van der Waals surface area (Å²) < 4.78 is 5.73. The summed E-state index contributed by atoms with van der Waals surface area (Å²) in [7, 11) is 0. The normalized spacial score (nSPS) is 16.6. The van der Waals surface area contributed by atoms with E-state index < -0.39 is 0 Å². The molecule has 0 aliphatic heterocycles. The molecule has 1 fully saturated rings. The summed E-state index contributed by atoms with van der Waals surface area (Å²) in [5.74, 6) is 0.290. The molecule has 23 heavy (non-hydrogen) atoms. The highest BCUT2D eigenvalue weighted by atomic mass is 16.5. The molecule has 0 aromatic heterocycles. The molecule has 2 heteroatoms. The standard InChI is InChI=1S/C21H40O2/c1-3-5-6-7-8-9-10-11-12-13-18-20(4-2)23-21(22)19-16-14-15-17-19/h19-20H,3-18H2,1-2H3. The van der Waals surface area contributed by atoms with E-state index in [1.807, 2.05) is 0 Å². The minimum Gasteiger partial charge on any atom is -0.462 e. The Kier molecular flexibility index (Phi) is 12.4. The summed E-state index contributed by atoms with van der Waals surface area (Å²) in [5.41, 5.74) is 0. The number of carbonyl (C=O) groups is 1. The highest BCUT2D eigenvalue weighted by Crippen LogP contribution is 2.27. The lowest BCUT2D eigenvalue weighted by atomic mass is 10.0. The number of carbonyl (C=O) groups excluding carboxylic acids is 1. The number of hydrogen-bond acceptors (Lipinski definition) is 2. The van der Waals surface area contributed by atoms with E-state index in [4.69, 9.17) is 4.74 Å². The fraction of sp³-hybridized carbons (Fsp3) is 0.952. The molecule has 136 valence electrons. The Hall–Kier alpha value is -0.530. The van der Waals surface area contributed by atoms with Crippen LogP contribution >= 0.6 is 0 Å². The number of esters is 1. The van der Waals surface area contributed by atoms with Crippen LogP contribution in [0.3, 0.4) is 0 Å². The van der Waals surface area contributed by atoms with Gasteiger partial charge in [0.25, 0.3) is 0 Å². The second-order valence-electron chi connectivity index (χ2n) is 7.42. The zero-order valence-corrected chi connectivity index (χ0v) is 15.8. The largest absolute Gasteiger partial charge is 0.462 e. The predicted octanol–water partition coefficient (Wildman–Crippen LogP) is 6.81. The molecule has 0 aromatic carbocycles. The molecule has 0 bridgehead atoms. The van der Waals surface area contributed by atoms with Crippen molar-refractivity contribution in [1.82, 2.24) is 0 Å². The lowest BCUT2D eigenvalue weighted by molar-refractivity contribution is -0.154. The van der Waals surface area contributed by atoms with Crippen molar-refractivity contribution in [3.05, 3.63) is 0 Å². The summed E-state index contributed by atoms with van der Waals surface area (Å²) in [5, 5.41) is 0. The van der Waals surface area contributed by atoms with E-state index in [9.17, 15) is 4.79 Å². The number of rotatable bonds is 14. The van der Waals surface area contributed by atoms with Gasteiger partial charge in [-0.1, -0.05) is 84.5 Å². The monoisotopic (exact) mass is 324 g/mol. The Morgan fingerprint density at radius 1 is 0.870 bits per heavy atom. The van der Waals surface area contributed by atoms with Gasteiger partial charge in [0.1, 0.15) is 6.10 Å². The summed E-state index contributed by atoms with van der Waals surface area (Å²) in [4.78, 5) is 12.1. The van der Waals surface area contributed by atoms with E-state index >= 15 is 0 Å². The van der Waals surface area contributed by atoms with Gasteiger partial charge in [-0.05, 0) is 32.1 Å². The number of ether oxygens (including phenoxy) is 1. The van der Waals surface area contributed by atoms with Crippen LogP contribution in [0, 0.1) is 5.92 Å². The fourth-order valence-corrected chi connectivity index (χ4v) is 3.63. The Labute approximate surface area is 144 Å². The first-order chi connectivity index (χ1) is 11.3. The van der Waals surface area contributed by atoms with Crippen molar-refractivity contribution in [3.63, 3.8) is 0 Å². The topological polar surface area (TPSA) is 26.3 Å². The molecular weight excluding hydrogens is 284 g/mol. The van der Waals surface area contributed by atoms with Crippen molar-refractivity contribution < 1.29 is 9.53 Å². The van der Waals surface area contributed by atoms with Crippen LogP contribution in [0.15, 0.2) is 0 Å². The van der Waals surface area contributed by atoms with Crippen molar-refractivity contribution >= 4 is 5.97 Å². The maximum absolute atomic E-state index is 12.1. The van der Waals surface area contributed by atoms with Crippen LogP contribution in [0.5, 0.6) is 0 Å². The first-order valence-electron chi connectivity index (χ1n) is 10.5. The molecule has 1 atom stereocenters. The first-order valence-corrected chi connectivity index (χ1v) is 10.5. The van der Waals surface area contributed by atoms with Crippen LogP contribution in [-0.2, 0) is 9.53 Å². The fourth-order valence-electron chi connectivity index (χ4n) is 3.63. The van der Waals surface area contributed by atoms with Gasteiger partial charge >= 0.3 is 5.97 Å². The van der Waals surface area contributed by atoms with Crippen LogP contribution in [-0.4, -0.2) is 12.1 Å². The summed E-state index contributed by atoms with van der Waals surface area (Å²) in [6.45, 7) is 4.41. The molecule has 0 amide bonds. The molecule has 2 nitrogen and oxygen atoms in total. The van der Waals surface area contributed by atoms with E-state index in [1.54, 1.807) is 0 Å². The minimum absolute atomic E-state index is 0.0847. The third-order valence-electron chi connectivity index (χ3n) is 5.31. The number of hydrogen-bond donors (Lipinski definition) is 0. The van der Waals surface area contributed by atoms with Crippen molar-refractivity contribution in [3.8, 4) is 0 Å².